The molecular weight excluding hydrogens is 282 g/mol. The molecule has 0 aromatic heterocycles. The molecule has 0 aliphatic carbocycles. The zero-order valence-corrected chi connectivity index (χ0v) is 14.7. The van der Waals surface area contributed by atoms with Gasteiger partial charge in [0.15, 0.2) is 0 Å². The highest BCUT2D eigenvalue weighted by molar-refractivity contribution is 5.98. The molecule has 23 heavy (non-hydrogen) atoms. The summed E-state index contributed by atoms with van der Waals surface area (Å²) in [6.45, 7) is 10.3. The predicted molar refractivity (Wildman–Crippen MR) is 95.0 cm³/mol. The number of benzene rings is 2. The maximum Gasteiger partial charge on any atom is 0.254 e. The molecule has 1 aliphatic heterocycles. The Kier molecular flexibility index (Phi) is 3.68. The van der Waals surface area contributed by atoms with Crippen LogP contribution in [0.25, 0.3) is 0 Å². The fourth-order valence-electron chi connectivity index (χ4n) is 3.49. The Balaban J connectivity index is 2.05. The second kappa shape index (κ2) is 5.84. The SMILES string of the molecule is [3H]C1Cc2ccccc2CN1C(=O)c1c(C)c(C)c(C)c(C)c1C. The molecular formula is C21H25NO. The van der Waals surface area contributed by atoms with E-state index >= 15 is 0 Å². The van der Waals surface area contributed by atoms with Gasteiger partial charge in [-0.15, -0.1) is 0 Å². The summed E-state index contributed by atoms with van der Waals surface area (Å²) in [5.74, 6) is -0.00861. The normalized spacial score (nSPS) is 17.7. The lowest BCUT2D eigenvalue weighted by Gasteiger charge is -2.30. The molecule has 0 spiro atoms. The van der Waals surface area contributed by atoms with E-state index in [-0.39, 0.29) is 5.91 Å². The van der Waals surface area contributed by atoms with Gasteiger partial charge in [0.05, 0.1) is 0 Å². The summed E-state index contributed by atoms with van der Waals surface area (Å²) < 4.78 is 8.44. The number of hydrogen-bond donors (Lipinski definition) is 0. The molecule has 1 atom stereocenters. The smallest absolute Gasteiger partial charge is 0.254 e. The van der Waals surface area contributed by atoms with Crippen molar-refractivity contribution in [2.75, 3.05) is 6.52 Å². The Morgan fingerprint density at radius 3 is 2.04 bits per heavy atom. The van der Waals surface area contributed by atoms with Crippen molar-refractivity contribution >= 4 is 5.91 Å². The van der Waals surface area contributed by atoms with E-state index in [0.717, 1.165) is 22.3 Å². The van der Waals surface area contributed by atoms with Crippen molar-refractivity contribution in [1.82, 2.24) is 4.90 Å². The molecule has 0 fully saturated rings. The Morgan fingerprint density at radius 1 is 0.913 bits per heavy atom. The standard InChI is InChI=1S/C21H25NO/c1-13-14(2)16(4)20(17(5)15(13)3)21(23)22-11-10-18-8-6-7-9-19(18)12-22/h6-9H,10-12H2,1-5H3/i11T. The van der Waals surface area contributed by atoms with Crippen LogP contribution < -0.4 is 0 Å². The highest BCUT2D eigenvalue weighted by Crippen LogP contribution is 2.28. The first kappa shape index (κ1) is 14.5. The number of amides is 1. The maximum absolute atomic E-state index is 13.3. The third-order valence-corrected chi connectivity index (χ3v) is 5.47. The zero-order valence-electron chi connectivity index (χ0n) is 15.7. The predicted octanol–water partition coefficient (Wildman–Crippen LogP) is 4.43. The number of rotatable bonds is 1. The Hall–Kier alpha value is -2.09. The molecule has 1 amide bonds. The molecule has 0 bridgehead atoms. The average Bonchev–Trinajstić information content (AvgIpc) is 2.57. The summed E-state index contributed by atoms with van der Waals surface area (Å²) in [6, 6.07) is 8.13. The van der Waals surface area contributed by atoms with Crippen molar-refractivity contribution in [3.63, 3.8) is 0 Å². The van der Waals surface area contributed by atoms with E-state index in [4.69, 9.17) is 1.37 Å². The van der Waals surface area contributed by atoms with E-state index in [1.54, 1.807) is 4.90 Å². The Bertz CT molecular complexity index is 796. The van der Waals surface area contributed by atoms with Gasteiger partial charge in [-0.25, -0.2) is 0 Å². The zero-order chi connectivity index (χ0) is 17.6. The summed E-state index contributed by atoms with van der Waals surface area (Å²) in [5, 5.41) is 0. The quantitative estimate of drug-likeness (QED) is 0.763. The third-order valence-electron chi connectivity index (χ3n) is 5.47. The number of hydrogen-bond acceptors (Lipinski definition) is 1. The molecule has 0 radical (unpaired) electrons. The molecule has 2 aromatic carbocycles. The molecule has 2 heteroatoms. The van der Waals surface area contributed by atoms with Crippen molar-refractivity contribution in [2.45, 2.75) is 47.6 Å². The van der Waals surface area contributed by atoms with Crippen LogP contribution in [0.15, 0.2) is 24.3 Å². The van der Waals surface area contributed by atoms with E-state index in [9.17, 15) is 4.79 Å². The molecule has 0 saturated heterocycles. The first-order chi connectivity index (χ1) is 11.3. The maximum atomic E-state index is 13.3. The van der Waals surface area contributed by atoms with E-state index in [1.807, 2.05) is 26.0 Å². The largest absolute Gasteiger partial charge is 0.334 e. The van der Waals surface area contributed by atoms with Crippen molar-refractivity contribution in [3.05, 3.63) is 68.8 Å². The summed E-state index contributed by atoms with van der Waals surface area (Å²) in [4.78, 5) is 15.0. The summed E-state index contributed by atoms with van der Waals surface area (Å²) in [5.41, 5.74) is 8.84. The van der Waals surface area contributed by atoms with Gasteiger partial charge in [-0.2, -0.15) is 0 Å². The second-order valence-corrected chi connectivity index (χ2v) is 6.59. The number of carbonyl (C=O) groups is 1. The van der Waals surface area contributed by atoms with Crippen molar-refractivity contribution in [1.29, 1.82) is 0 Å². The van der Waals surface area contributed by atoms with Crippen LogP contribution in [0.5, 0.6) is 0 Å². The lowest BCUT2D eigenvalue weighted by molar-refractivity contribution is 0.0733. The van der Waals surface area contributed by atoms with Crippen molar-refractivity contribution in [3.8, 4) is 0 Å². The highest BCUT2D eigenvalue weighted by atomic mass is 16.2. The van der Waals surface area contributed by atoms with Crippen LogP contribution in [0.1, 0.15) is 50.7 Å². The van der Waals surface area contributed by atoms with Gasteiger partial charge >= 0.3 is 0 Å². The topological polar surface area (TPSA) is 20.3 Å². The van der Waals surface area contributed by atoms with Crippen LogP contribution in [0, 0.1) is 34.6 Å². The number of nitrogens with zero attached hydrogens (tertiary/aromatic N) is 1. The van der Waals surface area contributed by atoms with Gasteiger partial charge in [-0.05, 0) is 80.0 Å². The Morgan fingerprint density at radius 2 is 1.43 bits per heavy atom. The molecule has 1 heterocycles. The van der Waals surface area contributed by atoms with E-state index in [0.29, 0.717) is 13.0 Å². The molecule has 120 valence electrons. The van der Waals surface area contributed by atoms with Gasteiger partial charge in [0.1, 0.15) is 0 Å². The molecule has 2 nitrogen and oxygen atoms in total. The minimum atomic E-state index is -0.520. The fourth-order valence-corrected chi connectivity index (χ4v) is 3.49. The van der Waals surface area contributed by atoms with E-state index in [2.05, 4.69) is 32.9 Å². The monoisotopic (exact) mass is 309 g/mol. The summed E-state index contributed by atoms with van der Waals surface area (Å²) in [6.07, 6.45) is 0.601. The first-order valence-corrected chi connectivity index (χ1v) is 8.19. The Labute approximate surface area is 140 Å². The first-order valence-electron chi connectivity index (χ1n) is 8.77. The lowest BCUT2D eigenvalue weighted by atomic mass is 9.88. The fraction of sp³-hybridized carbons (Fsp3) is 0.381. The molecule has 0 N–H and O–H groups in total. The minimum absolute atomic E-state index is 0.00861. The number of fused-ring (bicyclic) bond motifs is 1. The van der Waals surface area contributed by atoms with Crippen LogP contribution >= 0.6 is 0 Å². The molecule has 1 unspecified atom stereocenters. The molecule has 2 aromatic rings. The van der Waals surface area contributed by atoms with E-state index < -0.39 is 6.52 Å². The van der Waals surface area contributed by atoms with E-state index in [1.165, 1.54) is 22.3 Å². The van der Waals surface area contributed by atoms with Crippen LogP contribution in [-0.4, -0.2) is 17.3 Å². The van der Waals surface area contributed by atoms with Gasteiger partial charge in [0.25, 0.3) is 5.91 Å². The van der Waals surface area contributed by atoms with Crippen molar-refractivity contribution in [2.24, 2.45) is 0 Å². The van der Waals surface area contributed by atoms with Gasteiger partial charge < -0.3 is 4.90 Å². The average molecular weight is 309 g/mol. The highest BCUT2D eigenvalue weighted by Gasteiger charge is 2.25. The molecule has 0 saturated carbocycles. The third kappa shape index (κ3) is 2.56. The van der Waals surface area contributed by atoms with Crippen molar-refractivity contribution < 1.29 is 6.17 Å². The van der Waals surface area contributed by atoms with Crippen LogP contribution in [0.2, 0.25) is 0 Å². The van der Waals surface area contributed by atoms with Gasteiger partial charge in [-0.3, -0.25) is 4.79 Å². The summed E-state index contributed by atoms with van der Waals surface area (Å²) >= 11 is 0. The minimum Gasteiger partial charge on any atom is -0.334 e. The van der Waals surface area contributed by atoms with Crippen LogP contribution in [-0.2, 0) is 13.0 Å². The lowest BCUT2D eigenvalue weighted by Crippen LogP contribution is -2.37. The second-order valence-electron chi connectivity index (χ2n) is 6.59. The molecule has 3 rings (SSSR count). The summed E-state index contributed by atoms with van der Waals surface area (Å²) in [7, 11) is 0. The van der Waals surface area contributed by atoms with Gasteiger partial charge in [-0.1, -0.05) is 24.3 Å². The number of aryl methyl sites for hydroxylation is 1. The molecule has 1 aliphatic rings. The van der Waals surface area contributed by atoms with Gasteiger partial charge in [0, 0.05) is 20.0 Å². The van der Waals surface area contributed by atoms with Crippen LogP contribution in [0.4, 0.5) is 0 Å². The van der Waals surface area contributed by atoms with Gasteiger partial charge in [0.2, 0.25) is 0 Å². The number of carbonyl (C=O) groups excluding carboxylic acids is 1. The van der Waals surface area contributed by atoms with Crippen LogP contribution in [0.3, 0.4) is 0 Å².